The van der Waals surface area contributed by atoms with Crippen molar-refractivity contribution in [3.8, 4) is 0 Å². The predicted octanol–water partition coefficient (Wildman–Crippen LogP) is 5.15. The van der Waals surface area contributed by atoms with Crippen LogP contribution in [0, 0.1) is 12.8 Å². The van der Waals surface area contributed by atoms with E-state index >= 15 is 0 Å². The fourth-order valence-corrected chi connectivity index (χ4v) is 3.55. The Labute approximate surface area is 165 Å². The first kappa shape index (κ1) is 19.4. The van der Waals surface area contributed by atoms with Gasteiger partial charge < -0.3 is 10.2 Å². The van der Waals surface area contributed by atoms with Crippen LogP contribution in [-0.2, 0) is 9.59 Å². The van der Waals surface area contributed by atoms with Crippen LogP contribution >= 0.6 is 11.6 Å². The van der Waals surface area contributed by atoms with E-state index < -0.39 is 0 Å². The molecule has 0 aliphatic carbocycles. The Kier molecular flexibility index (Phi) is 5.85. The summed E-state index contributed by atoms with van der Waals surface area (Å²) in [5.74, 6) is -0.175. The predicted molar refractivity (Wildman–Crippen MR) is 110 cm³/mol. The van der Waals surface area contributed by atoms with Crippen LogP contribution in [0.5, 0.6) is 0 Å². The third-order valence-electron chi connectivity index (χ3n) is 5.32. The summed E-state index contributed by atoms with van der Waals surface area (Å²) in [7, 11) is 0. The standard InChI is InChI=1S/C22H25ClN2O2/c1-4-14(2)18-7-5-6-8-20(18)24-22(27)16-11-21(26)25(13-16)17-10-9-15(3)19(23)12-17/h5-10,12,14,16H,4,11,13H2,1-3H3,(H,24,27)/t14-,16-/m0/s1. The molecular formula is C22H25ClN2O2. The molecule has 1 heterocycles. The normalized spacial score (nSPS) is 17.9. The number of nitrogens with zero attached hydrogens (tertiary/aromatic N) is 1. The highest BCUT2D eigenvalue weighted by molar-refractivity contribution is 6.31. The molecule has 1 N–H and O–H groups in total. The fraction of sp³-hybridized carbons (Fsp3) is 0.364. The molecular weight excluding hydrogens is 360 g/mol. The van der Waals surface area contributed by atoms with Crippen molar-refractivity contribution in [2.45, 2.75) is 39.5 Å². The summed E-state index contributed by atoms with van der Waals surface area (Å²) >= 11 is 6.19. The van der Waals surface area contributed by atoms with Gasteiger partial charge in [0, 0.05) is 29.4 Å². The highest BCUT2D eigenvalue weighted by Crippen LogP contribution is 2.31. The molecule has 1 fully saturated rings. The van der Waals surface area contributed by atoms with Gasteiger partial charge in [0.1, 0.15) is 0 Å². The molecule has 1 aliphatic rings. The molecule has 0 saturated carbocycles. The number of para-hydroxylation sites is 1. The Balaban J connectivity index is 1.74. The Hall–Kier alpha value is -2.33. The molecule has 0 unspecified atom stereocenters. The molecule has 0 radical (unpaired) electrons. The van der Waals surface area contributed by atoms with E-state index in [0.717, 1.165) is 28.9 Å². The van der Waals surface area contributed by atoms with E-state index in [2.05, 4.69) is 19.2 Å². The summed E-state index contributed by atoms with van der Waals surface area (Å²) in [6, 6.07) is 13.4. The topological polar surface area (TPSA) is 49.4 Å². The first-order valence-electron chi connectivity index (χ1n) is 9.37. The van der Waals surface area contributed by atoms with Gasteiger partial charge in [0.2, 0.25) is 11.8 Å². The summed E-state index contributed by atoms with van der Waals surface area (Å²) in [5, 5.41) is 3.66. The van der Waals surface area contributed by atoms with Crippen molar-refractivity contribution in [3.63, 3.8) is 0 Å². The fourth-order valence-electron chi connectivity index (χ4n) is 3.38. The number of anilines is 2. The van der Waals surface area contributed by atoms with Crippen molar-refractivity contribution in [3.05, 3.63) is 58.6 Å². The molecule has 0 aromatic heterocycles. The van der Waals surface area contributed by atoms with Gasteiger partial charge in [-0.15, -0.1) is 0 Å². The average molecular weight is 385 g/mol. The van der Waals surface area contributed by atoms with Crippen molar-refractivity contribution < 1.29 is 9.59 Å². The van der Waals surface area contributed by atoms with E-state index in [1.807, 2.05) is 43.3 Å². The number of halogens is 1. The molecule has 0 spiro atoms. The van der Waals surface area contributed by atoms with E-state index in [1.54, 1.807) is 11.0 Å². The number of nitrogens with one attached hydrogen (secondary N) is 1. The van der Waals surface area contributed by atoms with Crippen LogP contribution in [0.2, 0.25) is 5.02 Å². The maximum absolute atomic E-state index is 12.8. The number of aryl methyl sites for hydroxylation is 1. The van der Waals surface area contributed by atoms with E-state index in [-0.39, 0.29) is 24.2 Å². The van der Waals surface area contributed by atoms with Crippen LogP contribution in [0.25, 0.3) is 0 Å². The van der Waals surface area contributed by atoms with E-state index in [9.17, 15) is 9.59 Å². The number of rotatable bonds is 5. The molecule has 2 aromatic carbocycles. The third kappa shape index (κ3) is 4.16. The maximum atomic E-state index is 12.8. The molecule has 0 bridgehead atoms. The number of carbonyl (C=O) groups excluding carboxylic acids is 2. The quantitative estimate of drug-likeness (QED) is 0.774. The van der Waals surface area contributed by atoms with Crippen molar-refractivity contribution in [1.29, 1.82) is 0 Å². The lowest BCUT2D eigenvalue weighted by molar-refractivity contribution is -0.122. The molecule has 4 nitrogen and oxygen atoms in total. The molecule has 1 aliphatic heterocycles. The van der Waals surface area contributed by atoms with Gasteiger partial charge in [0.15, 0.2) is 0 Å². The SMILES string of the molecule is CC[C@H](C)c1ccccc1NC(=O)[C@H]1CC(=O)N(c2ccc(C)c(Cl)c2)C1. The van der Waals surface area contributed by atoms with Crippen LogP contribution < -0.4 is 10.2 Å². The monoisotopic (exact) mass is 384 g/mol. The summed E-state index contributed by atoms with van der Waals surface area (Å²) in [4.78, 5) is 26.9. The Morgan fingerprint density at radius 1 is 1.30 bits per heavy atom. The first-order valence-corrected chi connectivity index (χ1v) is 9.74. The lowest BCUT2D eigenvalue weighted by Gasteiger charge is -2.19. The second-order valence-corrected chi connectivity index (χ2v) is 7.63. The van der Waals surface area contributed by atoms with Gasteiger partial charge in [-0.2, -0.15) is 0 Å². The van der Waals surface area contributed by atoms with E-state index in [1.165, 1.54) is 0 Å². The Morgan fingerprint density at radius 2 is 2.04 bits per heavy atom. The molecule has 2 atom stereocenters. The highest BCUT2D eigenvalue weighted by atomic mass is 35.5. The van der Waals surface area contributed by atoms with E-state index in [4.69, 9.17) is 11.6 Å². The van der Waals surface area contributed by atoms with Gasteiger partial charge in [-0.1, -0.05) is 49.7 Å². The summed E-state index contributed by atoms with van der Waals surface area (Å²) in [6.07, 6.45) is 1.21. The largest absolute Gasteiger partial charge is 0.326 e. The number of hydrogen-bond acceptors (Lipinski definition) is 2. The van der Waals surface area contributed by atoms with Gasteiger partial charge in [-0.05, 0) is 48.6 Å². The summed E-state index contributed by atoms with van der Waals surface area (Å²) in [6.45, 7) is 6.56. The lowest BCUT2D eigenvalue weighted by atomic mass is 9.96. The molecule has 2 aromatic rings. The number of carbonyl (C=O) groups is 2. The molecule has 2 amide bonds. The van der Waals surface area contributed by atoms with Crippen LogP contribution in [-0.4, -0.2) is 18.4 Å². The van der Waals surface area contributed by atoms with Crippen LogP contribution in [0.15, 0.2) is 42.5 Å². The van der Waals surface area contributed by atoms with Gasteiger partial charge >= 0.3 is 0 Å². The van der Waals surface area contributed by atoms with Crippen LogP contribution in [0.4, 0.5) is 11.4 Å². The van der Waals surface area contributed by atoms with Crippen LogP contribution in [0.3, 0.4) is 0 Å². The first-order chi connectivity index (χ1) is 12.9. The van der Waals surface area contributed by atoms with Crippen molar-refractivity contribution in [2.75, 3.05) is 16.8 Å². The molecule has 1 saturated heterocycles. The number of amides is 2. The second-order valence-electron chi connectivity index (χ2n) is 7.22. The minimum atomic E-state index is -0.373. The smallest absolute Gasteiger partial charge is 0.229 e. The lowest BCUT2D eigenvalue weighted by Crippen LogP contribution is -2.28. The van der Waals surface area contributed by atoms with Gasteiger partial charge in [0.05, 0.1) is 5.92 Å². The summed E-state index contributed by atoms with van der Waals surface area (Å²) < 4.78 is 0. The summed E-state index contributed by atoms with van der Waals surface area (Å²) in [5.41, 5.74) is 3.66. The second kappa shape index (κ2) is 8.13. The van der Waals surface area contributed by atoms with Crippen LogP contribution in [0.1, 0.15) is 43.7 Å². The van der Waals surface area contributed by atoms with Gasteiger partial charge in [0.25, 0.3) is 0 Å². The minimum absolute atomic E-state index is 0.0507. The Morgan fingerprint density at radius 3 is 2.74 bits per heavy atom. The van der Waals surface area contributed by atoms with E-state index in [0.29, 0.717) is 17.5 Å². The zero-order chi connectivity index (χ0) is 19.6. The Bertz CT molecular complexity index is 865. The number of benzene rings is 2. The maximum Gasteiger partial charge on any atom is 0.229 e. The zero-order valence-corrected chi connectivity index (χ0v) is 16.7. The van der Waals surface area contributed by atoms with Crippen molar-refractivity contribution in [2.24, 2.45) is 5.92 Å². The zero-order valence-electron chi connectivity index (χ0n) is 16.0. The minimum Gasteiger partial charge on any atom is -0.326 e. The third-order valence-corrected chi connectivity index (χ3v) is 5.73. The molecule has 142 valence electrons. The average Bonchev–Trinajstić information content (AvgIpc) is 3.05. The van der Waals surface area contributed by atoms with Crippen molar-refractivity contribution in [1.82, 2.24) is 0 Å². The number of hydrogen-bond donors (Lipinski definition) is 1. The molecule has 5 heteroatoms. The van der Waals surface area contributed by atoms with Gasteiger partial charge in [-0.3, -0.25) is 9.59 Å². The molecule has 27 heavy (non-hydrogen) atoms. The molecule has 3 rings (SSSR count). The highest BCUT2D eigenvalue weighted by Gasteiger charge is 2.35. The van der Waals surface area contributed by atoms with Gasteiger partial charge in [-0.25, -0.2) is 0 Å². The van der Waals surface area contributed by atoms with Crippen molar-refractivity contribution >= 4 is 34.8 Å².